The lowest BCUT2D eigenvalue weighted by Gasteiger charge is -2.14. The summed E-state index contributed by atoms with van der Waals surface area (Å²) in [5, 5.41) is 17.1. The monoisotopic (exact) mass is 369 g/mol. The van der Waals surface area contributed by atoms with Crippen molar-refractivity contribution in [3.63, 3.8) is 0 Å². The van der Waals surface area contributed by atoms with Gasteiger partial charge in [-0.2, -0.15) is 0 Å². The number of nitrogens with zero attached hydrogens (tertiary/aromatic N) is 1. The van der Waals surface area contributed by atoms with Gasteiger partial charge in [0.1, 0.15) is 0 Å². The van der Waals surface area contributed by atoms with Crippen LogP contribution in [0.15, 0.2) is 48.5 Å². The Hall–Kier alpha value is -2.93. The van der Waals surface area contributed by atoms with E-state index in [1.807, 2.05) is 30.3 Å². The zero-order chi connectivity index (χ0) is 19.1. The summed E-state index contributed by atoms with van der Waals surface area (Å²) in [6, 6.07) is 14.3. The molecule has 3 rings (SSSR count). The number of benzene rings is 2. The molecule has 27 heavy (non-hydrogen) atoms. The molecule has 142 valence electrons. The zero-order valence-corrected chi connectivity index (χ0v) is 15.0. The number of carbonyl (C=O) groups is 1. The number of nitro groups is 1. The predicted octanol–water partition coefficient (Wildman–Crippen LogP) is 3.16. The Morgan fingerprint density at radius 1 is 1.22 bits per heavy atom. The van der Waals surface area contributed by atoms with Crippen LogP contribution in [0.25, 0.3) is 0 Å². The van der Waals surface area contributed by atoms with E-state index in [2.05, 4.69) is 10.6 Å². The second-order valence-electron chi connectivity index (χ2n) is 6.49. The highest BCUT2D eigenvalue weighted by Crippen LogP contribution is 2.22. The van der Waals surface area contributed by atoms with Gasteiger partial charge in [-0.25, -0.2) is 0 Å². The highest BCUT2D eigenvalue weighted by atomic mass is 16.6. The van der Waals surface area contributed by atoms with Gasteiger partial charge in [0, 0.05) is 37.5 Å². The number of anilines is 1. The average Bonchev–Trinajstić information content (AvgIpc) is 3.20. The highest BCUT2D eigenvalue weighted by molar-refractivity contribution is 6.00. The fourth-order valence-corrected chi connectivity index (χ4v) is 3.08. The van der Waals surface area contributed by atoms with E-state index in [9.17, 15) is 14.9 Å². The maximum absolute atomic E-state index is 12.6. The smallest absolute Gasteiger partial charge is 0.270 e. The van der Waals surface area contributed by atoms with Gasteiger partial charge in [-0.05, 0) is 30.9 Å². The predicted molar refractivity (Wildman–Crippen MR) is 103 cm³/mol. The molecular formula is C20H23N3O4. The molecule has 0 aliphatic carbocycles. The first-order valence-corrected chi connectivity index (χ1v) is 9.09. The molecule has 1 heterocycles. The molecule has 2 aromatic carbocycles. The van der Waals surface area contributed by atoms with Gasteiger partial charge in [0.2, 0.25) is 0 Å². The standard InChI is InChI=1S/C20H23N3O4/c24-20(22-14-17-7-4-12-27-17)18-13-16(23(25)26)8-9-19(18)21-11-10-15-5-2-1-3-6-15/h1-3,5-6,8-9,13,17,21H,4,7,10-12,14H2,(H,22,24)/t17-/m0/s1. The summed E-state index contributed by atoms with van der Waals surface area (Å²) < 4.78 is 5.51. The lowest BCUT2D eigenvalue weighted by atomic mass is 10.1. The molecule has 0 radical (unpaired) electrons. The first-order valence-electron chi connectivity index (χ1n) is 9.09. The molecule has 0 aromatic heterocycles. The fraction of sp³-hybridized carbons (Fsp3) is 0.350. The molecule has 0 spiro atoms. The third-order valence-electron chi connectivity index (χ3n) is 4.54. The molecule has 0 saturated carbocycles. The molecule has 0 bridgehead atoms. The minimum absolute atomic E-state index is 0.0159. The lowest BCUT2D eigenvalue weighted by Crippen LogP contribution is -2.32. The minimum atomic E-state index is -0.495. The molecular weight excluding hydrogens is 346 g/mol. The van der Waals surface area contributed by atoms with Gasteiger partial charge >= 0.3 is 0 Å². The van der Waals surface area contributed by atoms with E-state index < -0.39 is 4.92 Å². The number of rotatable bonds is 8. The van der Waals surface area contributed by atoms with Crippen molar-refractivity contribution in [1.29, 1.82) is 0 Å². The molecule has 1 aliphatic rings. The maximum Gasteiger partial charge on any atom is 0.270 e. The van der Waals surface area contributed by atoms with Crippen molar-refractivity contribution in [2.45, 2.75) is 25.4 Å². The first kappa shape index (κ1) is 18.8. The number of nitro benzene ring substituents is 1. The average molecular weight is 369 g/mol. The van der Waals surface area contributed by atoms with E-state index in [-0.39, 0.29) is 23.3 Å². The summed E-state index contributed by atoms with van der Waals surface area (Å²) >= 11 is 0. The maximum atomic E-state index is 12.6. The van der Waals surface area contributed by atoms with Crippen LogP contribution in [0.5, 0.6) is 0 Å². The molecule has 2 N–H and O–H groups in total. The number of amides is 1. The van der Waals surface area contributed by atoms with Crippen LogP contribution in [-0.4, -0.2) is 36.6 Å². The molecule has 7 nitrogen and oxygen atoms in total. The molecule has 2 aromatic rings. The van der Waals surface area contributed by atoms with E-state index in [1.165, 1.54) is 17.7 Å². The summed E-state index contributed by atoms with van der Waals surface area (Å²) in [5.41, 5.74) is 1.93. The van der Waals surface area contributed by atoms with Crippen LogP contribution in [0.2, 0.25) is 0 Å². The number of non-ortho nitro benzene ring substituents is 1. The molecule has 1 aliphatic heterocycles. The van der Waals surface area contributed by atoms with E-state index in [4.69, 9.17) is 4.74 Å². The van der Waals surface area contributed by atoms with Crippen LogP contribution in [0.4, 0.5) is 11.4 Å². The van der Waals surface area contributed by atoms with Gasteiger partial charge in [-0.1, -0.05) is 30.3 Å². The summed E-state index contributed by atoms with van der Waals surface area (Å²) in [7, 11) is 0. The van der Waals surface area contributed by atoms with Crippen LogP contribution in [-0.2, 0) is 11.2 Å². The molecule has 7 heteroatoms. The number of carbonyl (C=O) groups excluding carboxylic acids is 1. The van der Waals surface area contributed by atoms with Crippen molar-refractivity contribution >= 4 is 17.3 Å². The van der Waals surface area contributed by atoms with Crippen LogP contribution >= 0.6 is 0 Å². The Labute approximate surface area is 157 Å². The summed E-state index contributed by atoms with van der Waals surface area (Å²) in [6.07, 6.45) is 2.71. The Morgan fingerprint density at radius 2 is 2.04 bits per heavy atom. The SMILES string of the molecule is O=C(NC[C@@H]1CCCO1)c1cc([N+](=O)[O-])ccc1NCCc1ccccc1. The second-order valence-corrected chi connectivity index (χ2v) is 6.49. The van der Waals surface area contributed by atoms with Gasteiger partial charge in [-0.3, -0.25) is 14.9 Å². The topological polar surface area (TPSA) is 93.5 Å². The fourth-order valence-electron chi connectivity index (χ4n) is 3.08. The van der Waals surface area contributed by atoms with Crippen LogP contribution in [0.1, 0.15) is 28.8 Å². The summed E-state index contributed by atoms with van der Waals surface area (Å²) in [5.74, 6) is -0.337. The molecule has 0 unspecified atom stereocenters. The molecule has 1 fully saturated rings. The normalized spacial score (nSPS) is 16.1. The second kappa shape index (κ2) is 9.14. The molecule has 1 saturated heterocycles. The van der Waals surface area contributed by atoms with Crippen molar-refractivity contribution in [3.05, 3.63) is 69.8 Å². The van der Waals surface area contributed by atoms with Crippen molar-refractivity contribution in [2.75, 3.05) is 25.0 Å². The summed E-state index contributed by atoms with van der Waals surface area (Å²) in [6.45, 7) is 1.74. The third kappa shape index (κ3) is 5.27. The third-order valence-corrected chi connectivity index (χ3v) is 4.54. The number of ether oxygens (including phenoxy) is 1. The highest BCUT2D eigenvalue weighted by Gasteiger charge is 2.20. The number of hydrogen-bond donors (Lipinski definition) is 2. The quantitative estimate of drug-likeness (QED) is 0.551. The van der Waals surface area contributed by atoms with Gasteiger partial charge < -0.3 is 15.4 Å². The zero-order valence-electron chi connectivity index (χ0n) is 15.0. The summed E-state index contributed by atoms with van der Waals surface area (Å²) in [4.78, 5) is 23.2. The van der Waals surface area contributed by atoms with Gasteiger partial charge in [0.15, 0.2) is 0 Å². The Morgan fingerprint density at radius 3 is 2.74 bits per heavy atom. The molecule has 1 amide bonds. The van der Waals surface area contributed by atoms with Crippen molar-refractivity contribution in [2.24, 2.45) is 0 Å². The van der Waals surface area contributed by atoms with Crippen LogP contribution in [0.3, 0.4) is 0 Å². The number of hydrogen-bond acceptors (Lipinski definition) is 5. The van der Waals surface area contributed by atoms with E-state index in [1.54, 1.807) is 6.07 Å². The van der Waals surface area contributed by atoms with E-state index in [0.717, 1.165) is 19.3 Å². The van der Waals surface area contributed by atoms with Crippen molar-refractivity contribution < 1.29 is 14.5 Å². The Bertz CT molecular complexity index is 789. The Kier molecular flexibility index (Phi) is 6.38. The van der Waals surface area contributed by atoms with Crippen LogP contribution in [0, 0.1) is 10.1 Å². The minimum Gasteiger partial charge on any atom is -0.384 e. The van der Waals surface area contributed by atoms with Gasteiger partial charge in [0.25, 0.3) is 11.6 Å². The van der Waals surface area contributed by atoms with Crippen molar-refractivity contribution in [1.82, 2.24) is 5.32 Å². The lowest BCUT2D eigenvalue weighted by molar-refractivity contribution is -0.384. The van der Waals surface area contributed by atoms with Gasteiger partial charge in [0.05, 0.1) is 16.6 Å². The number of nitrogens with one attached hydrogen (secondary N) is 2. The largest absolute Gasteiger partial charge is 0.384 e. The first-order chi connectivity index (χ1) is 13.1. The molecule has 1 atom stereocenters. The van der Waals surface area contributed by atoms with Crippen molar-refractivity contribution in [3.8, 4) is 0 Å². The Balaban J connectivity index is 1.67. The van der Waals surface area contributed by atoms with E-state index in [0.29, 0.717) is 25.4 Å². The van der Waals surface area contributed by atoms with Gasteiger partial charge in [-0.15, -0.1) is 0 Å². The van der Waals surface area contributed by atoms with E-state index >= 15 is 0 Å². The van der Waals surface area contributed by atoms with Crippen LogP contribution < -0.4 is 10.6 Å².